The zero-order chi connectivity index (χ0) is 21.8. The van der Waals surface area contributed by atoms with E-state index in [1.54, 1.807) is 16.8 Å². The molecule has 0 saturated carbocycles. The standard InChI is InChI=1S/C22H20FN5OS2/c1-14-5-10-18(15(2)12-14)28-22(25-26-27-28)31-13-20(29)24-21(19-4-3-11-30-19)16-6-8-17(23)9-7-16/h3-12,21H,13H2,1-2H3,(H,24,29)/t21-/m0/s1. The van der Waals surface area contributed by atoms with Crippen molar-refractivity contribution in [2.45, 2.75) is 25.0 Å². The average Bonchev–Trinajstić information content (AvgIpc) is 3.44. The van der Waals surface area contributed by atoms with E-state index in [-0.39, 0.29) is 23.5 Å². The minimum absolute atomic E-state index is 0.147. The van der Waals surface area contributed by atoms with Crippen LogP contribution in [0.15, 0.2) is 65.1 Å². The minimum atomic E-state index is -0.343. The minimum Gasteiger partial charge on any atom is -0.344 e. The fourth-order valence-electron chi connectivity index (χ4n) is 3.23. The summed E-state index contributed by atoms with van der Waals surface area (Å²) < 4.78 is 15.0. The Bertz CT molecular complexity index is 1180. The van der Waals surface area contributed by atoms with E-state index in [0.717, 1.165) is 27.3 Å². The summed E-state index contributed by atoms with van der Waals surface area (Å²) in [5.74, 6) is -0.328. The molecule has 0 aliphatic carbocycles. The van der Waals surface area contributed by atoms with Crippen molar-refractivity contribution in [3.05, 3.63) is 87.4 Å². The van der Waals surface area contributed by atoms with Crippen molar-refractivity contribution in [3.63, 3.8) is 0 Å². The molecular formula is C22H20FN5OS2. The SMILES string of the molecule is Cc1ccc(-n2nnnc2SCC(=O)N[C@@H](c2ccc(F)cc2)c2cccs2)c(C)c1. The van der Waals surface area contributed by atoms with Gasteiger partial charge in [-0.1, -0.05) is 47.7 Å². The maximum absolute atomic E-state index is 13.4. The molecule has 31 heavy (non-hydrogen) atoms. The van der Waals surface area contributed by atoms with Crippen molar-refractivity contribution in [3.8, 4) is 5.69 Å². The van der Waals surface area contributed by atoms with Gasteiger partial charge in [-0.15, -0.1) is 16.4 Å². The van der Waals surface area contributed by atoms with Gasteiger partial charge in [0.2, 0.25) is 11.1 Å². The molecule has 4 aromatic rings. The van der Waals surface area contributed by atoms with Gasteiger partial charge in [0, 0.05) is 4.88 Å². The van der Waals surface area contributed by atoms with Gasteiger partial charge in [0.25, 0.3) is 0 Å². The van der Waals surface area contributed by atoms with Crippen LogP contribution in [0.5, 0.6) is 0 Å². The Morgan fingerprint density at radius 2 is 2.00 bits per heavy atom. The molecule has 0 saturated heterocycles. The van der Waals surface area contributed by atoms with Crippen molar-refractivity contribution in [1.82, 2.24) is 25.5 Å². The summed E-state index contributed by atoms with van der Waals surface area (Å²) in [7, 11) is 0. The second kappa shape index (κ2) is 9.40. The van der Waals surface area contributed by atoms with Gasteiger partial charge in [-0.3, -0.25) is 4.79 Å². The first-order valence-corrected chi connectivity index (χ1v) is 11.4. The molecule has 0 fully saturated rings. The molecule has 2 aromatic heterocycles. The first kappa shape index (κ1) is 21.2. The van der Waals surface area contributed by atoms with E-state index in [2.05, 4.69) is 26.9 Å². The fourth-order valence-corrected chi connectivity index (χ4v) is 4.72. The van der Waals surface area contributed by atoms with Crippen molar-refractivity contribution in [1.29, 1.82) is 0 Å². The summed E-state index contributed by atoms with van der Waals surface area (Å²) in [4.78, 5) is 13.7. The number of hydrogen-bond donors (Lipinski definition) is 1. The fraction of sp³-hybridized carbons (Fsp3) is 0.182. The number of amides is 1. The van der Waals surface area contributed by atoms with Gasteiger partial charge in [0.05, 0.1) is 17.5 Å². The number of benzene rings is 2. The Kier molecular flexibility index (Phi) is 6.43. The van der Waals surface area contributed by atoms with Crippen molar-refractivity contribution in [2.75, 3.05) is 5.75 Å². The summed E-state index contributed by atoms with van der Waals surface area (Å²) in [6, 6.07) is 15.7. The number of tetrazole rings is 1. The molecule has 0 radical (unpaired) electrons. The first-order chi connectivity index (χ1) is 15.0. The maximum Gasteiger partial charge on any atom is 0.231 e. The predicted molar refractivity (Wildman–Crippen MR) is 120 cm³/mol. The molecule has 1 amide bonds. The van der Waals surface area contributed by atoms with Crippen LogP contribution >= 0.6 is 23.1 Å². The van der Waals surface area contributed by atoms with Gasteiger partial charge in [-0.25, -0.2) is 4.39 Å². The summed E-state index contributed by atoms with van der Waals surface area (Å²) in [6.07, 6.45) is 0. The normalized spacial score (nSPS) is 12.0. The number of aromatic nitrogens is 4. The monoisotopic (exact) mass is 453 g/mol. The van der Waals surface area contributed by atoms with E-state index in [4.69, 9.17) is 0 Å². The molecule has 1 atom stereocenters. The summed E-state index contributed by atoms with van der Waals surface area (Å²) in [5, 5.41) is 17.5. The molecule has 0 spiro atoms. The number of thioether (sulfide) groups is 1. The van der Waals surface area contributed by atoms with Gasteiger partial charge in [-0.2, -0.15) is 4.68 Å². The molecule has 0 aliphatic heterocycles. The zero-order valence-electron chi connectivity index (χ0n) is 16.9. The highest BCUT2D eigenvalue weighted by molar-refractivity contribution is 7.99. The highest BCUT2D eigenvalue weighted by atomic mass is 32.2. The number of carbonyl (C=O) groups is 1. The third-order valence-corrected chi connectivity index (χ3v) is 6.55. The van der Waals surface area contributed by atoms with E-state index >= 15 is 0 Å². The second-order valence-corrected chi connectivity index (χ2v) is 8.94. The van der Waals surface area contributed by atoms with E-state index in [1.807, 2.05) is 43.5 Å². The van der Waals surface area contributed by atoms with Crippen molar-refractivity contribution in [2.24, 2.45) is 0 Å². The van der Waals surface area contributed by atoms with Crippen LogP contribution in [0.1, 0.15) is 27.6 Å². The molecule has 9 heteroatoms. The number of hydrogen-bond acceptors (Lipinski definition) is 6. The van der Waals surface area contributed by atoms with Crippen LogP contribution in [-0.2, 0) is 4.79 Å². The zero-order valence-corrected chi connectivity index (χ0v) is 18.6. The molecule has 4 rings (SSSR count). The van der Waals surface area contributed by atoms with E-state index in [0.29, 0.717) is 5.16 Å². The van der Waals surface area contributed by atoms with Crippen LogP contribution < -0.4 is 5.32 Å². The van der Waals surface area contributed by atoms with Gasteiger partial charge >= 0.3 is 0 Å². The van der Waals surface area contributed by atoms with Crippen molar-refractivity contribution >= 4 is 29.0 Å². The Morgan fingerprint density at radius 1 is 1.19 bits per heavy atom. The molecule has 0 unspecified atom stereocenters. The number of nitrogens with zero attached hydrogens (tertiary/aromatic N) is 4. The Hall–Kier alpha value is -3.04. The largest absolute Gasteiger partial charge is 0.344 e. The van der Waals surface area contributed by atoms with E-state index in [1.165, 1.54) is 35.2 Å². The summed E-state index contributed by atoms with van der Waals surface area (Å²) >= 11 is 2.80. The molecule has 0 aliphatic rings. The second-order valence-electron chi connectivity index (χ2n) is 7.02. The lowest BCUT2D eigenvalue weighted by molar-refractivity contribution is -0.119. The van der Waals surface area contributed by atoms with Crippen LogP contribution in [-0.4, -0.2) is 31.9 Å². The molecule has 2 heterocycles. The van der Waals surface area contributed by atoms with Gasteiger partial charge in [0.15, 0.2) is 0 Å². The number of aryl methyl sites for hydroxylation is 2. The number of rotatable bonds is 7. The Labute approximate surface area is 187 Å². The van der Waals surface area contributed by atoms with Crippen LogP contribution in [0.3, 0.4) is 0 Å². The van der Waals surface area contributed by atoms with E-state index < -0.39 is 0 Å². The molecule has 0 bridgehead atoms. The maximum atomic E-state index is 13.4. The molecule has 6 nitrogen and oxygen atoms in total. The smallest absolute Gasteiger partial charge is 0.231 e. The first-order valence-electron chi connectivity index (χ1n) is 9.58. The third-order valence-electron chi connectivity index (χ3n) is 4.69. The average molecular weight is 454 g/mol. The quantitative estimate of drug-likeness (QED) is 0.418. The highest BCUT2D eigenvalue weighted by Crippen LogP contribution is 2.27. The lowest BCUT2D eigenvalue weighted by atomic mass is 10.1. The van der Waals surface area contributed by atoms with Gasteiger partial charge in [0.1, 0.15) is 5.82 Å². The van der Waals surface area contributed by atoms with Gasteiger partial charge in [-0.05, 0) is 65.0 Å². The van der Waals surface area contributed by atoms with Crippen molar-refractivity contribution < 1.29 is 9.18 Å². The van der Waals surface area contributed by atoms with Crippen LogP contribution in [0, 0.1) is 19.7 Å². The number of thiophene rings is 1. The lowest BCUT2D eigenvalue weighted by Crippen LogP contribution is -2.30. The molecule has 1 N–H and O–H groups in total. The molecule has 158 valence electrons. The van der Waals surface area contributed by atoms with Crippen LogP contribution in [0.25, 0.3) is 5.69 Å². The van der Waals surface area contributed by atoms with Crippen LogP contribution in [0.2, 0.25) is 0 Å². The van der Waals surface area contributed by atoms with Gasteiger partial charge < -0.3 is 5.32 Å². The highest BCUT2D eigenvalue weighted by Gasteiger charge is 2.19. The number of halogens is 1. The Morgan fingerprint density at radius 3 is 2.71 bits per heavy atom. The lowest BCUT2D eigenvalue weighted by Gasteiger charge is -2.18. The van der Waals surface area contributed by atoms with Crippen LogP contribution in [0.4, 0.5) is 4.39 Å². The third kappa shape index (κ3) is 5.00. The molecular weight excluding hydrogens is 433 g/mol. The Balaban J connectivity index is 1.47. The number of nitrogens with one attached hydrogen (secondary N) is 1. The summed E-state index contributed by atoms with van der Waals surface area (Å²) in [6.45, 7) is 4.03. The summed E-state index contributed by atoms with van der Waals surface area (Å²) in [5.41, 5.74) is 3.90. The topological polar surface area (TPSA) is 72.7 Å². The molecule has 2 aromatic carbocycles. The number of carbonyl (C=O) groups excluding carboxylic acids is 1. The predicted octanol–water partition coefficient (Wildman–Crippen LogP) is 4.48. The van der Waals surface area contributed by atoms with E-state index in [9.17, 15) is 9.18 Å².